The lowest BCUT2D eigenvalue weighted by molar-refractivity contribution is -0.142. The summed E-state index contributed by atoms with van der Waals surface area (Å²) >= 11 is 10.1. The fourth-order valence-corrected chi connectivity index (χ4v) is 0.466. The van der Waals surface area contributed by atoms with Crippen molar-refractivity contribution in [3.05, 3.63) is 0 Å². The van der Waals surface area contributed by atoms with Gasteiger partial charge in [0.05, 0.1) is 0 Å². The van der Waals surface area contributed by atoms with E-state index < -0.39 is 22.7 Å². The molecule has 0 aliphatic heterocycles. The molecule has 0 bridgehead atoms. The predicted octanol–water partition coefficient (Wildman–Crippen LogP) is 0.370. The molecule has 0 aromatic rings. The highest BCUT2D eigenvalue weighted by molar-refractivity contribution is 6.41. The third-order valence-electron chi connectivity index (χ3n) is 0.729. The molecule has 10 heavy (non-hydrogen) atoms. The molecule has 2 atom stereocenters. The van der Waals surface area contributed by atoms with Gasteiger partial charge in [0.25, 0.3) is 0 Å². The minimum Gasteiger partial charge on any atom is -0.480 e. The van der Waals surface area contributed by atoms with E-state index in [0.717, 1.165) is 0 Å². The van der Waals surface area contributed by atoms with Crippen LogP contribution in [0, 0.1) is 0 Å². The van der Waals surface area contributed by atoms with Gasteiger partial charge in [0.1, 0.15) is 0 Å². The lowest BCUT2D eigenvalue weighted by atomic mass is 10.3. The highest BCUT2D eigenvalue weighted by Gasteiger charge is 2.29. The van der Waals surface area contributed by atoms with Crippen molar-refractivity contribution in [2.24, 2.45) is 0 Å². The van der Waals surface area contributed by atoms with Crippen LogP contribution in [0.3, 0.4) is 0 Å². The van der Waals surface area contributed by atoms with Crippen LogP contribution in [-0.2, 0) is 9.59 Å². The number of carbonyl (C=O) groups is 2. The van der Waals surface area contributed by atoms with Crippen LogP contribution in [0.1, 0.15) is 0 Å². The van der Waals surface area contributed by atoms with Gasteiger partial charge in [-0.05, 0) is 0 Å². The van der Waals surface area contributed by atoms with E-state index >= 15 is 0 Å². The van der Waals surface area contributed by atoms with Crippen LogP contribution < -0.4 is 0 Å². The van der Waals surface area contributed by atoms with Crippen molar-refractivity contribution < 1.29 is 19.8 Å². The molecule has 0 saturated heterocycles. The largest absolute Gasteiger partial charge is 0.480 e. The first-order valence-corrected chi connectivity index (χ1v) is 3.08. The van der Waals surface area contributed by atoms with Crippen LogP contribution in [-0.4, -0.2) is 32.9 Å². The van der Waals surface area contributed by atoms with Crippen molar-refractivity contribution in [3.8, 4) is 0 Å². The van der Waals surface area contributed by atoms with E-state index in [0.29, 0.717) is 0 Å². The summed E-state index contributed by atoms with van der Waals surface area (Å²) in [7, 11) is 0. The van der Waals surface area contributed by atoms with Crippen LogP contribution in [0.2, 0.25) is 0 Å². The quantitative estimate of drug-likeness (QED) is 0.625. The lowest BCUT2D eigenvalue weighted by Gasteiger charge is -2.05. The molecule has 0 aliphatic carbocycles. The molecule has 0 rings (SSSR count). The number of hydrogen-bond donors (Lipinski definition) is 2. The van der Waals surface area contributed by atoms with Gasteiger partial charge in [-0.1, -0.05) is 0 Å². The van der Waals surface area contributed by atoms with Gasteiger partial charge in [0, 0.05) is 0 Å². The van der Waals surface area contributed by atoms with Crippen molar-refractivity contribution in [2.75, 3.05) is 0 Å². The highest BCUT2D eigenvalue weighted by atomic mass is 35.5. The molecular formula is C4H4Cl2O4. The van der Waals surface area contributed by atoms with Crippen LogP contribution in [0.25, 0.3) is 0 Å². The topological polar surface area (TPSA) is 74.6 Å². The standard InChI is InChI=1S/C4H4Cl2O4/c5-1(3(7)8)2(6)4(9)10/h1-2H,(H,7,8)(H,9,10). The Hall–Kier alpha value is -0.480. The maximum atomic E-state index is 9.97. The van der Waals surface area contributed by atoms with Gasteiger partial charge < -0.3 is 10.2 Å². The van der Waals surface area contributed by atoms with Gasteiger partial charge in [-0.15, -0.1) is 23.2 Å². The Bertz CT molecular complexity index is 139. The van der Waals surface area contributed by atoms with E-state index in [1.165, 1.54) is 0 Å². The smallest absolute Gasteiger partial charge is 0.323 e. The molecule has 0 aromatic carbocycles. The second kappa shape index (κ2) is 3.63. The molecule has 0 aliphatic rings. The first-order valence-electron chi connectivity index (χ1n) is 2.20. The molecule has 0 spiro atoms. The zero-order valence-corrected chi connectivity index (χ0v) is 6.13. The first-order chi connectivity index (χ1) is 4.46. The average Bonchev–Trinajstić information content (AvgIpc) is 1.84. The number of carboxylic acid groups (broad SMARTS) is 2. The molecule has 0 amide bonds. The second-order valence-electron chi connectivity index (χ2n) is 1.48. The molecule has 0 saturated carbocycles. The number of hydrogen-bond acceptors (Lipinski definition) is 2. The Morgan fingerprint density at radius 2 is 1.20 bits per heavy atom. The zero-order valence-electron chi connectivity index (χ0n) is 4.62. The maximum absolute atomic E-state index is 9.97. The molecule has 0 heterocycles. The van der Waals surface area contributed by atoms with Gasteiger partial charge >= 0.3 is 11.9 Å². The fraction of sp³-hybridized carbons (Fsp3) is 0.500. The van der Waals surface area contributed by atoms with E-state index in [1.54, 1.807) is 0 Å². The summed E-state index contributed by atoms with van der Waals surface area (Å²) in [6.07, 6.45) is 0. The Morgan fingerprint density at radius 1 is 1.00 bits per heavy atom. The minimum atomic E-state index is -1.58. The monoisotopic (exact) mass is 186 g/mol. The number of halogens is 2. The highest BCUT2D eigenvalue weighted by Crippen LogP contribution is 2.09. The number of carboxylic acids is 2. The normalized spacial score (nSPS) is 15.8. The van der Waals surface area contributed by atoms with E-state index in [1.807, 2.05) is 0 Å². The first kappa shape index (κ1) is 9.52. The Morgan fingerprint density at radius 3 is 1.30 bits per heavy atom. The molecule has 2 N–H and O–H groups in total. The Balaban J connectivity index is 4.07. The van der Waals surface area contributed by atoms with E-state index in [9.17, 15) is 9.59 Å². The SMILES string of the molecule is O=C(O)C(Cl)C(Cl)C(=O)O. The Labute approximate surface area is 66.4 Å². The second-order valence-corrected chi connectivity index (χ2v) is 2.42. The molecule has 6 heteroatoms. The van der Waals surface area contributed by atoms with Crippen LogP contribution in [0.4, 0.5) is 0 Å². The molecular weight excluding hydrogens is 183 g/mol. The lowest BCUT2D eigenvalue weighted by Crippen LogP contribution is -2.31. The number of rotatable bonds is 3. The van der Waals surface area contributed by atoms with E-state index in [4.69, 9.17) is 33.4 Å². The minimum absolute atomic E-state index is 1.44. The summed E-state index contributed by atoms with van der Waals surface area (Å²) in [6, 6.07) is 0. The van der Waals surface area contributed by atoms with Crippen molar-refractivity contribution in [2.45, 2.75) is 10.8 Å². The summed E-state index contributed by atoms with van der Waals surface area (Å²) in [5.41, 5.74) is 0. The Kier molecular flexibility index (Phi) is 3.46. The summed E-state index contributed by atoms with van der Waals surface area (Å²) in [4.78, 5) is 19.9. The van der Waals surface area contributed by atoms with Gasteiger partial charge in [0.15, 0.2) is 10.8 Å². The van der Waals surface area contributed by atoms with Crippen LogP contribution in [0.15, 0.2) is 0 Å². The molecule has 4 nitrogen and oxygen atoms in total. The van der Waals surface area contributed by atoms with Gasteiger partial charge in [-0.2, -0.15) is 0 Å². The molecule has 0 fully saturated rings. The summed E-state index contributed by atoms with van der Waals surface area (Å²) in [6.45, 7) is 0. The van der Waals surface area contributed by atoms with Crippen LogP contribution in [0.5, 0.6) is 0 Å². The zero-order chi connectivity index (χ0) is 8.31. The maximum Gasteiger partial charge on any atom is 0.323 e. The molecule has 2 unspecified atom stereocenters. The van der Waals surface area contributed by atoms with Crippen LogP contribution >= 0.6 is 23.2 Å². The fourth-order valence-electron chi connectivity index (χ4n) is 0.250. The van der Waals surface area contributed by atoms with E-state index in [2.05, 4.69) is 0 Å². The number of alkyl halides is 2. The van der Waals surface area contributed by atoms with Crippen molar-refractivity contribution >= 4 is 35.1 Å². The van der Waals surface area contributed by atoms with Crippen molar-refractivity contribution in [1.82, 2.24) is 0 Å². The van der Waals surface area contributed by atoms with Gasteiger partial charge in [0.2, 0.25) is 0 Å². The molecule has 0 aromatic heterocycles. The molecule has 0 radical (unpaired) electrons. The summed E-state index contributed by atoms with van der Waals surface area (Å²) in [5.74, 6) is -2.88. The summed E-state index contributed by atoms with van der Waals surface area (Å²) < 4.78 is 0. The van der Waals surface area contributed by atoms with E-state index in [-0.39, 0.29) is 0 Å². The third-order valence-corrected chi connectivity index (χ3v) is 1.74. The van der Waals surface area contributed by atoms with Crippen molar-refractivity contribution in [1.29, 1.82) is 0 Å². The predicted molar refractivity (Wildman–Crippen MR) is 34.6 cm³/mol. The molecule has 58 valence electrons. The van der Waals surface area contributed by atoms with Crippen molar-refractivity contribution in [3.63, 3.8) is 0 Å². The third kappa shape index (κ3) is 2.41. The van der Waals surface area contributed by atoms with Gasteiger partial charge in [-0.25, -0.2) is 0 Å². The van der Waals surface area contributed by atoms with Gasteiger partial charge in [-0.3, -0.25) is 9.59 Å². The number of aliphatic carboxylic acids is 2. The summed E-state index contributed by atoms with van der Waals surface area (Å²) in [5, 5.41) is 13.1. The average molecular weight is 187 g/mol.